The van der Waals surface area contributed by atoms with E-state index in [1.165, 1.54) is 6.07 Å². The van der Waals surface area contributed by atoms with Crippen molar-refractivity contribution in [3.05, 3.63) is 77.4 Å². The van der Waals surface area contributed by atoms with Crippen molar-refractivity contribution in [3.63, 3.8) is 0 Å². The first-order chi connectivity index (χ1) is 17.9. The third-order valence-electron chi connectivity index (χ3n) is 6.57. The van der Waals surface area contributed by atoms with Crippen LogP contribution in [0, 0.1) is 12.7 Å². The molecular formula is C31H44FN3O3. The highest BCUT2D eigenvalue weighted by Gasteiger charge is 2.28. The van der Waals surface area contributed by atoms with Crippen LogP contribution in [0.5, 0.6) is 5.75 Å². The van der Waals surface area contributed by atoms with Crippen molar-refractivity contribution in [1.29, 1.82) is 0 Å². The molecule has 2 aromatic carbocycles. The highest BCUT2D eigenvalue weighted by Crippen LogP contribution is 2.25. The molecule has 0 aliphatic carbocycles. The molecule has 1 atom stereocenters. The molecule has 38 heavy (non-hydrogen) atoms. The van der Waals surface area contributed by atoms with Gasteiger partial charge in [0.1, 0.15) is 17.2 Å². The molecule has 1 amide bonds. The Kier molecular flexibility index (Phi) is 10.1. The Hall–Kier alpha value is -3.22. The second-order valence-corrected chi connectivity index (χ2v) is 11.4. The number of hydrogen-bond donors (Lipinski definition) is 1. The zero-order chi connectivity index (χ0) is 27.9. The first-order valence-corrected chi connectivity index (χ1v) is 13.6. The molecule has 3 rings (SSSR count). The van der Waals surface area contributed by atoms with Crippen LogP contribution in [0.2, 0.25) is 0 Å². The lowest BCUT2D eigenvalue weighted by Crippen LogP contribution is -2.40. The molecule has 1 N–H and O–H groups in total. The number of halogens is 1. The standard InChI is InChI=1S/C31H44FN3O3/c1-22(2)37-29-14-10-25(11-15-29)20-33-24(4)35(21-26-12-13-27(32)19-23(26)3)28-9-8-17-34(18-16-28)30(36)38-31(5,6)7/h10-15,19,22,28,33H,4,8-9,16-18,20-21H2,1-3,5-7H3. The third-order valence-corrected chi connectivity index (χ3v) is 6.57. The normalized spacial score (nSPS) is 16.1. The highest BCUT2D eigenvalue weighted by atomic mass is 19.1. The van der Waals surface area contributed by atoms with Gasteiger partial charge in [-0.2, -0.15) is 0 Å². The van der Waals surface area contributed by atoms with Crippen molar-refractivity contribution in [2.24, 2.45) is 0 Å². The lowest BCUT2D eigenvalue weighted by Gasteiger charge is -2.35. The first-order valence-electron chi connectivity index (χ1n) is 13.6. The van der Waals surface area contributed by atoms with Crippen LogP contribution >= 0.6 is 0 Å². The number of hydrogen-bond acceptors (Lipinski definition) is 5. The molecule has 1 aliphatic rings. The predicted molar refractivity (Wildman–Crippen MR) is 150 cm³/mol. The molecule has 0 spiro atoms. The molecule has 208 valence electrons. The van der Waals surface area contributed by atoms with E-state index in [9.17, 15) is 9.18 Å². The lowest BCUT2D eigenvalue weighted by atomic mass is 10.0. The summed E-state index contributed by atoms with van der Waals surface area (Å²) in [6.45, 7) is 18.5. The number of carbonyl (C=O) groups excluding carboxylic acids is 1. The van der Waals surface area contributed by atoms with E-state index in [0.717, 1.165) is 47.5 Å². The minimum Gasteiger partial charge on any atom is -0.491 e. The highest BCUT2D eigenvalue weighted by molar-refractivity contribution is 5.68. The zero-order valence-electron chi connectivity index (χ0n) is 23.9. The van der Waals surface area contributed by atoms with Crippen molar-refractivity contribution in [2.75, 3.05) is 13.1 Å². The van der Waals surface area contributed by atoms with Gasteiger partial charge in [-0.3, -0.25) is 0 Å². The van der Waals surface area contributed by atoms with Crippen LogP contribution in [-0.4, -0.2) is 46.7 Å². The smallest absolute Gasteiger partial charge is 0.410 e. The van der Waals surface area contributed by atoms with Gasteiger partial charge in [-0.1, -0.05) is 24.8 Å². The number of aryl methyl sites for hydroxylation is 1. The Morgan fingerprint density at radius 3 is 2.50 bits per heavy atom. The fourth-order valence-electron chi connectivity index (χ4n) is 4.63. The molecule has 1 saturated heterocycles. The molecule has 7 heteroatoms. The largest absolute Gasteiger partial charge is 0.491 e. The Balaban J connectivity index is 1.72. The fraction of sp³-hybridized carbons (Fsp3) is 0.516. The van der Waals surface area contributed by atoms with E-state index in [0.29, 0.717) is 26.2 Å². The second-order valence-electron chi connectivity index (χ2n) is 11.4. The average Bonchev–Trinajstić information content (AvgIpc) is 3.08. The summed E-state index contributed by atoms with van der Waals surface area (Å²) < 4.78 is 25.2. The summed E-state index contributed by atoms with van der Waals surface area (Å²) in [6.07, 6.45) is 2.45. The van der Waals surface area contributed by atoms with Gasteiger partial charge >= 0.3 is 6.09 Å². The van der Waals surface area contributed by atoms with Gasteiger partial charge in [0.05, 0.1) is 11.9 Å². The lowest BCUT2D eigenvalue weighted by molar-refractivity contribution is 0.0253. The molecule has 0 radical (unpaired) electrons. The van der Waals surface area contributed by atoms with Gasteiger partial charge in [0.25, 0.3) is 0 Å². The van der Waals surface area contributed by atoms with E-state index >= 15 is 0 Å². The molecule has 6 nitrogen and oxygen atoms in total. The van der Waals surface area contributed by atoms with E-state index in [2.05, 4.69) is 28.9 Å². The quantitative estimate of drug-likeness (QED) is 0.391. The van der Waals surface area contributed by atoms with Crippen molar-refractivity contribution in [3.8, 4) is 5.75 Å². The van der Waals surface area contributed by atoms with Gasteiger partial charge in [0, 0.05) is 32.2 Å². The van der Waals surface area contributed by atoms with Crippen molar-refractivity contribution in [1.82, 2.24) is 15.1 Å². The van der Waals surface area contributed by atoms with E-state index < -0.39 is 5.60 Å². The molecule has 1 unspecified atom stereocenters. The number of carbonyl (C=O) groups is 1. The van der Waals surface area contributed by atoms with E-state index in [-0.39, 0.29) is 24.1 Å². The number of amides is 1. The number of ether oxygens (including phenoxy) is 2. The maximum absolute atomic E-state index is 13.8. The summed E-state index contributed by atoms with van der Waals surface area (Å²) in [6, 6.07) is 13.2. The second kappa shape index (κ2) is 13.0. The van der Waals surface area contributed by atoms with Crippen molar-refractivity contribution < 1.29 is 18.7 Å². The van der Waals surface area contributed by atoms with E-state index in [4.69, 9.17) is 9.47 Å². The molecule has 0 aromatic heterocycles. The minimum atomic E-state index is -0.522. The van der Waals surface area contributed by atoms with Crippen LogP contribution in [0.25, 0.3) is 0 Å². The summed E-state index contributed by atoms with van der Waals surface area (Å²) in [5, 5.41) is 3.50. The summed E-state index contributed by atoms with van der Waals surface area (Å²) in [4.78, 5) is 16.8. The molecule has 0 bridgehead atoms. The molecular weight excluding hydrogens is 481 g/mol. The van der Waals surface area contributed by atoms with Crippen LogP contribution in [0.3, 0.4) is 0 Å². The Labute approximate surface area is 227 Å². The number of benzene rings is 2. The number of nitrogens with zero attached hydrogens (tertiary/aromatic N) is 2. The number of nitrogens with one attached hydrogen (secondary N) is 1. The molecule has 2 aromatic rings. The Morgan fingerprint density at radius 1 is 1.16 bits per heavy atom. The summed E-state index contributed by atoms with van der Waals surface area (Å²) >= 11 is 0. The van der Waals surface area contributed by atoms with Gasteiger partial charge in [-0.15, -0.1) is 0 Å². The zero-order valence-corrected chi connectivity index (χ0v) is 23.9. The molecule has 1 heterocycles. The maximum atomic E-state index is 13.8. The van der Waals surface area contributed by atoms with Crippen LogP contribution < -0.4 is 10.1 Å². The van der Waals surface area contributed by atoms with Crippen LogP contribution in [0.1, 0.15) is 70.6 Å². The summed E-state index contributed by atoms with van der Waals surface area (Å²) in [5.41, 5.74) is 2.56. The van der Waals surface area contributed by atoms with Crippen molar-refractivity contribution >= 4 is 6.09 Å². The summed E-state index contributed by atoms with van der Waals surface area (Å²) in [7, 11) is 0. The number of rotatable bonds is 9. The molecule has 1 fully saturated rings. The fourth-order valence-corrected chi connectivity index (χ4v) is 4.63. The monoisotopic (exact) mass is 525 g/mol. The Morgan fingerprint density at radius 2 is 1.87 bits per heavy atom. The predicted octanol–water partition coefficient (Wildman–Crippen LogP) is 6.77. The van der Waals surface area contributed by atoms with Gasteiger partial charge in [-0.25, -0.2) is 9.18 Å². The SMILES string of the molecule is C=C(NCc1ccc(OC(C)C)cc1)N(Cc1ccc(F)cc1C)C1CCCN(C(=O)OC(C)(C)C)CC1. The van der Waals surface area contributed by atoms with E-state index in [1.54, 1.807) is 6.07 Å². The van der Waals surface area contributed by atoms with Gasteiger partial charge in [0.2, 0.25) is 0 Å². The van der Waals surface area contributed by atoms with Crippen LogP contribution in [-0.2, 0) is 17.8 Å². The molecule has 0 saturated carbocycles. The molecule has 1 aliphatic heterocycles. The van der Waals surface area contributed by atoms with Gasteiger partial charge in [0.15, 0.2) is 0 Å². The van der Waals surface area contributed by atoms with Crippen molar-refractivity contribution in [2.45, 2.75) is 91.6 Å². The average molecular weight is 526 g/mol. The summed E-state index contributed by atoms with van der Waals surface area (Å²) in [5.74, 6) is 1.43. The minimum absolute atomic E-state index is 0.132. The third kappa shape index (κ3) is 8.96. The van der Waals surface area contributed by atoms with Gasteiger partial charge < -0.3 is 24.6 Å². The maximum Gasteiger partial charge on any atom is 0.410 e. The topological polar surface area (TPSA) is 54.0 Å². The first kappa shape index (κ1) is 29.3. The van der Waals surface area contributed by atoms with Gasteiger partial charge in [-0.05, 0) is 102 Å². The van der Waals surface area contributed by atoms with Crippen LogP contribution in [0.15, 0.2) is 54.9 Å². The number of likely N-dealkylation sites (tertiary alicyclic amines) is 1. The van der Waals surface area contributed by atoms with E-state index in [1.807, 2.05) is 64.6 Å². The van der Waals surface area contributed by atoms with Crippen LogP contribution in [0.4, 0.5) is 9.18 Å². The Bertz CT molecular complexity index is 1080.